The second-order valence-corrected chi connectivity index (χ2v) is 7.76. The standard InChI is InChI=1S/C15H26N2O2S/c1-5-10-13(18)16-15(3,4)14(19)17(10)11-8-7-9-12(11)20-6-2/h10-12H,5-9H2,1-4H3,(H,16,18). The molecule has 1 saturated carbocycles. The van der Waals surface area contributed by atoms with Gasteiger partial charge in [0.15, 0.2) is 0 Å². The third-order valence-corrected chi connectivity index (χ3v) is 5.70. The Balaban J connectivity index is 2.29. The SMILES string of the molecule is CCSC1CCCC1N1C(=O)C(C)(C)NC(=O)C1CC. The van der Waals surface area contributed by atoms with E-state index in [2.05, 4.69) is 12.2 Å². The first-order valence-electron chi connectivity index (χ1n) is 7.68. The molecule has 1 aliphatic carbocycles. The molecular weight excluding hydrogens is 272 g/mol. The third-order valence-electron chi connectivity index (χ3n) is 4.39. The maximum atomic E-state index is 12.8. The first-order chi connectivity index (χ1) is 9.42. The molecule has 114 valence electrons. The Morgan fingerprint density at radius 3 is 2.60 bits per heavy atom. The highest BCUT2D eigenvalue weighted by molar-refractivity contribution is 7.99. The second-order valence-electron chi connectivity index (χ2n) is 6.24. The highest BCUT2D eigenvalue weighted by Crippen LogP contribution is 2.37. The topological polar surface area (TPSA) is 49.4 Å². The van der Waals surface area contributed by atoms with Gasteiger partial charge in [-0.25, -0.2) is 0 Å². The molecule has 5 heteroatoms. The van der Waals surface area contributed by atoms with Gasteiger partial charge in [-0.05, 0) is 38.9 Å². The van der Waals surface area contributed by atoms with Crippen LogP contribution in [-0.4, -0.2) is 45.3 Å². The molecule has 1 N–H and O–H groups in total. The van der Waals surface area contributed by atoms with Crippen LogP contribution in [0.4, 0.5) is 0 Å². The van der Waals surface area contributed by atoms with E-state index in [1.807, 2.05) is 37.4 Å². The molecule has 0 radical (unpaired) electrons. The molecular formula is C15H26N2O2S. The van der Waals surface area contributed by atoms with Crippen LogP contribution < -0.4 is 5.32 Å². The Bertz CT molecular complexity index is 397. The average molecular weight is 298 g/mol. The van der Waals surface area contributed by atoms with Crippen LogP contribution in [0, 0.1) is 0 Å². The maximum Gasteiger partial charge on any atom is 0.248 e. The van der Waals surface area contributed by atoms with Gasteiger partial charge in [0.25, 0.3) is 0 Å². The van der Waals surface area contributed by atoms with E-state index >= 15 is 0 Å². The van der Waals surface area contributed by atoms with E-state index in [4.69, 9.17) is 0 Å². The highest BCUT2D eigenvalue weighted by atomic mass is 32.2. The average Bonchev–Trinajstić information content (AvgIpc) is 2.81. The van der Waals surface area contributed by atoms with Crippen molar-refractivity contribution in [2.24, 2.45) is 0 Å². The lowest BCUT2D eigenvalue weighted by atomic mass is 9.93. The number of thioether (sulfide) groups is 1. The molecule has 3 unspecified atom stereocenters. The van der Waals surface area contributed by atoms with Crippen molar-refractivity contribution in [3.8, 4) is 0 Å². The minimum atomic E-state index is -0.771. The van der Waals surface area contributed by atoms with Gasteiger partial charge in [-0.2, -0.15) is 11.8 Å². The first kappa shape index (κ1) is 15.7. The molecule has 0 aromatic carbocycles. The summed E-state index contributed by atoms with van der Waals surface area (Å²) in [7, 11) is 0. The van der Waals surface area contributed by atoms with Crippen LogP contribution in [0.1, 0.15) is 53.4 Å². The van der Waals surface area contributed by atoms with E-state index < -0.39 is 5.54 Å². The molecule has 0 bridgehead atoms. The molecule has 2 fully saturated rings. The van der Waals surface area contributed by atoms with Crippen LogP contribution in [0.2, 0.25) is 0 Å². The zero-order valence-electron chi connectivity index (χ0n) is 12.9. The van der Waals surface area contributed by atoms with E-state index in [0.29, 0.717) is 11.7 Å². The number of nitrogens with one attached hydrogen (secondary N) is 1. The molecule has 3 atom stereocenters. The number of rotatable bonds is 4. The summed E-state index contributed by atoms with van der Waals surface area (Å²) in [5, 5.41) is 3.36. The normalized spacial score (nSPS) is 33.4. The van der Waals surface area contributed by atoms with E-state index in [1.165, 1.54) is 0 Å². The lowest BCUT2D eigenvalue weighted by molar-refractivity contribution is -0.156. The van der Waals surface area contributed by atoms with Gasteiger partial charge in [0.1, 0.15) is 11.6 Å². The quantitative estimate of drug-likeness (QED) is 0.865. The van der Waals surface area contributed by atoms with E-state index in [-0.39, 0.29) is 23.9 Å². The molecule has 0 aromatic heterocycles. The van der Waals surface area contributed by atoms with Gasteiger partial charge in [0, 0.05) is 11.3 Å². The summed E-state index contributed by atoms with van der Waals surface area (Å²) in [5.74, 6) is 1.15. The summed E-state index contributed by atoms with van der Waals surface area (Å²) in [4.78, 5) is 27.0. The monoisotopic (exact) mass is 298 g/mol. The van der Waals surface area contributed by atoms with Gasteiger partial charge in [0.05, 0.1) is 0 Å². The van der Waals surface area contributed by atoms with Crippen LogP contribution >= 0.6 is 11.8 Å². The van der Waals surface area contributed by atoms with Gasteiger partial charge in [0.2, 0.25) is 11.8 Å². The van der Waals surface area contributed by atoms with Crippen LogP contribution in [0.15, 0.2) is 0 Å². The molecule has 1 aliphatic heterocycles. The number of piperazine rings is 1. The third kappa shape index (κ3) is 2.69. The van der Waals surface area contributed by atoms with Gasteiger partial charge >= 0.3 is 0 Å². The van der Waals surface area contributed by atoms with Gasteiger partial charge in [-0.1, -0.05) is 20.3 Å². The zero-order chi connectivity index (χ0) is 14.9. The summed E-state index contributed by atoms with van der Waals surface area (Å²) < 4.78 is 0. The maximum absolute atomic E-state index is 12.8. The van der Waals surface area contributed by atoms with Crippen molar-refractivity contribution in [3.63, 3.8) is 0 Å². The molecule has 2 amide bonds. The molecule has 2 rings (SSSR count). The zero-order valence-corrected chi connectivity index (χ0v) is 13.8. The smallest absolute Gasteiger partial charge is 0.248 e. The predicted molar refractivity (Wildman–Crippen MR) is 82.7 cm³/mol. The molecule has 0 spiro atoms. The van der Waals surface area contributed by atoms with Crippen LogP contribution in [0.3, 0.4) is 0 Å². The Hall–Kier alpha value is -0.710. The lowest BCUT2D eigenvalue weighted by Crippen LogP contribution is -2.70. The summed E-state index contributed by atoms with van der Waals surface area (Å²) in [5.41, 5.74) is -0.771. The number of carbonyl (C=O) groups is 2. The van der Waals surface area contributed by atoms with Crippen molar-refractivity contribution in [3.05, 3.63) is 0 Å². The fourth-order valence-electron chi connectivity index (χ4n) is 3.43. The minimum absolute atomic E-state index is 0.00393. The Labute approximate surface area is 126 Å². The van der Waals surface area contributed by atoms with Crippen LogP contribution in [0.5, 0.6) is 0 Å². The Morgan fingerprint density at radius 1 is 1.30 bits per heavy atom. The fourth-order valence-corrected chi connectivity index (χ4v) is 4.68. The molecule has 20 heavy (non-hydrogen) atoms. The molecule has 0 aromatic rings. The van der Waals surface area contributed by atoms with Crippen molar-refractivity contribution in [1.82, 2.24) is 10.2 Å². The summed E-state index contributed by atoms with van der Waals surface area (Å²) in [6.07, 6.45) is 4.03. The largest absolute Gasteiger partial charge is 0.340 e. The van der Waals surface area contributed by atoms with Crippen molar-refractivity contribution in [1.29, 1.82) is 0 Å². The fraction of sp³-hybridized carbons (Fsp3) is 0.867. The summed E-state index contributed by atoms with van der Waals surface area (Å²) >= 11 is 1.93. The minimum Gasteiger partial charge on any atom is -0.340 e. The molecule has 4 nitrogen and oxygen atoms in total. The van der Waals surface area contributed by atoms with E-state index in [1.54, 1.807) is 0 Å². The number of hydrogen-bond acceptors (Lipinski definition) is 3. The second kappa shape index (κ2) is 5.96. The van der Waals surface area contributed by atoms with Crippen molar-refractivity contribution >= 4 is 23.6 Å². The molecule has 1 saturated heterocycles. The van der Waals surface area contributed by atoms with Gasteiger partial charge < -0.3 is 10.2 Å². The number of nitrogens with zero attached hydrogens (tertiary/aromatic N) is 1. The number of amides is 2. The summed E-state index contributed by atoms with van der Waals surface area (Å²) in [6.45, 7) is 7.76. The van der Waals surface area contributed by atoms with Crippen LogP contribution in [0.25, 0.3) is 0 Å². The molecule has 1 heterocycles. The summed E-state index contributed by atoms with van der Waals surface area (Å²) in [6, 6.07) is -0.0682. The van der Waals surface area contributed by atoms with Crippen molar-refractivity contribution < 1.29 is 9.59 Å². The van der Waals surface area contributed by atoms with E-state index in [9.17, 15) is 9.59 Å². The predicted octanol–water partition coefficient (Wildman–Crippen LogP) is 2.18. The van der Waals surface area contributed by atoms with Gasteiger partial charge in [-0.3, -0.25) is 9.59 Å². The Kier molecular flexibility index (Phi) is 4.67. The first-order valence-corrected chi connectivity index (χ1v) is 8.73. The number of carbonyl (C=O) groups excluding carboxylic acids is 2. The van der Waals surface area contributed by atoms with E-state index in [0.717, 1.165) is 25.0 Å². The molecule has 2 aliphatic rings. The Morgan fingerprint density at radius 2 is 2.00 bits per heavy atom. The van der Waals surface area contributed by atoms with Crippen molar-refractivity contribution in [2.75, 3.05) is 5.75 Å². The van der Waals surface area contributed by atoms with Crippen molar-refractivity contribution in [2.45, 2.75) is 76.3 Å². The van der Waals surface area contributed by atoms with Crippen LogP contribution in [-0.2, 0) is 9.59 Å². The lowest BCUT2D eigenvalue weighted by Gasteiger charge is -2.46. The van der Waals surface area contributed by atoms with Gasteiger partial charge in [-0.15, -0.1) is 0 Å². The number of hydrogen-bond donors (Lipinski definition) is 1. The highest BCUT2D eigenvalue weighted by Gasteiger charge is 2.49.